The second kappa shape index (κ2) is 5.21. The molecule has 0 atom stereocenters. The first-order valence-electron chi connectivity index (χ1n) is 4.63. The molecule has 4 heteroatoms. The molecule has 1 N–H and O–H groups in total. The monoisotopic (exact) mass is 185 g/mol. The lowest BCUT2D eigenvalue weighted by molar-refractivity contribution is 0.0388. The lowest BCUT2D eigenvalue weighted by atomic mass is 10.3. The zero-order valence-corrected chi connectivity index (χ0v) is 8.55. The van der Waals surface area contributed by atoms with E-state index in [2.05, 4.69) is 16.9 Å². The highest BCUT2D eigenvalue weighted by atomic mass is 16.5. The van der Waals surface area contributed by atoms with Crippen molar-refractivity contribution in [3.8, 4) is 0 Å². The third kappa shape index (κ3) is 3.34. The van der Waals surface area contributed by atoms with Crippen LogP contribution in [0.5, 0.6) is 0 Å². The molecular formula is C9H19N3O. The van der Waals surface area contributed by atoms with Crippen LogP contribution in [0.15, 0.2) is 12.3 Å². The standard InChI is InChI=1S/C9H19N3O/c1-9(11(3)10-2)8-12-4-6-13-7-5-12/h10H,1,4-8H2,2-3H3. The van der Waals surface area contributed by atoms with Gasteiger partial charge in [-0.1, -0.05) is 6.58 Å². The molecular weight excluding hydrogens is 166 g/mol. The average molecular weight is 185 g/mol. The lowest BCUT2D eigenvalue weighted by Gasteiger charge is -2.30. The van der Waals surface area contributed by atoms with Crippen molar-refractivity contribution in [3.05, 3.63) is 12.3 Å². The zero-order valence-electron chi connectivity index (χ0n) is 8.55. The number of nitrogens with zero attached hydrogens (tertiary/aromatic N) is 2. The number of rotatable bonds is 4. The van der Waals surface area contributed by atoms with E-state index in [0.717, 1.165) is 38.5 Å². The minimum Gasteiger partial charge on any atom is -0.379 e. The van der Waals surface area contributed by atoms with E-state index in [1.807, 2.05) is 19.1 Å². The Morgan fingerprint density at radius 1 is 1.54 bits per heavy atom. The summed E-state index contributed by atoms with van der Waals surface area (Å²) in [5.41, 5.74) is 4.12. The second-order valence-corrected chi connectivity index (χ2v) is 3.24. The van der Waals surface area contributed by atoms with Crippen LogP contribution in [0.3, 0.4) is 0 Å². The fourth-order valence-electron chi connectivity index (χ4n) is 1.28. The highest BCUT2D eigenvalue weighted by Crippen LogP contribution is 2.02. The van der Waals surface area contributed by atoms with Gasteiger partial charge >= 0.3 is 0 Å². The molecule has 4 nitrogen and oxygen atoms in total. The Labute approximate surface area is 80.1 Å². The van der Waals surface area contributed by atoms with E-state index < -0.39 is 0 Å². The van der Waals surface area contributed by atoms with Crippen LogP contribution in [0.1, 0.15) is 0 Å². The maximum absolute atomic E-state index is 5.27. The molecule has 0 aromatic rings. The SMILES string of the molecule is C=C(CN1CCOCC1)N(C)NC. The van der Waals surface area contributed by atoms with Crippen molar-refractivity contribution in [1.29, 1.82) is 0 Å². The molecule has 0 aliphatic carbocycles. The number of ether oxygens (including phenoxy) is 1. The number of hydrogen-bond acceptors (Lipinski definition) is 4. The number of morpholine rings is 1. The maximum atomic E-state index is 5.27. The smallest absolute Gasteiger partial charge is 0.0594 e. The highest BCUT2D eigenvalue weighted by molar-refractivity contribution is 4.94. The maximum Gasteiger partial charge on any atom is 0.0594 e. The van der Waals surface area contributed by atoms with E-state index >= 15 is 0 Å². The van der Waals surface area contributed by atoms with Crippen LogP contribution in [0.4, 0.5) is 0 Å². The summed E-state index contributed by atoms with van der Waals surface area (Å²) in [7, 11) is 3.87. The molecule has 0 aromatic carbocycles. The molecule has 76 valence electrons. The molecule has 1 fully saturated rings. The molecule has 1 aliphatic rings. The summed E-state index contributed by atoms with van der Waals surface area (Å²) in [4.78, 5) is 2.35. The van der Waals surface area contributed by atoms with Gasteiger partial charge in [0, 0.05) is 39.4 Å². The third-order valence-corrected chi connectivity index (χ3v) is 2.32. The summed E-state index contributed by atoms with van der Waals surface area (Å²) in [6, 6.07) is 0. The molecule has 0 aromatic heterocycles. The summed E-state index contributed by atoms with van der Waals surface area (Å²) in [5, 5.41) is 1.94. The van der Waals surface area contributed by atoms with Crippen molar-refractivity contribution in [3.63, 3.8) is 0 Å². The molecule has 0 radical (unpaired) electrons. The van der Waals surface area contributed by atoms with E-state index in [1.54, 1.807) is 0 Å². The normalized spacial score (nSPS) is 18.6. The first-order valence-corrected chi connectivity index (χ1v) is 4.63. The highest BCUT2D eigenvalue weighted by Gasteiger charge is 2.12. The van der Waals surface area contributed by atoms with Gasteiger partial charge in [0.1, 0.15) is 0 Å². The van der Waals surface area contributed by atoms with E-state index in [9.17, 15) is 0 Å². The van der Waals surface area contributed by atoms with Crippen LogP contribution in [0, 0.1) is 0 Å². The minimum absolute atomic E-state index is 0.844. The van der Waals surface area contributed by atoms with Crippen LogP contribution in [0.2, 0.25) is 0 Å². The number of likely N-dealkylation sites (N-methyl/N-ethyl adjacent to an activating group) is 1. The molecule has 1 rings (SSSR count). The number of hydrogen-bond donors (Lipinski definition) is 1. The van der Waals surface area contributed by atoms with E-state index in [0.29, 0.717) is 0 Å². The molecule has 13 heavy (non-hydrogen) atoms. The lowest BCUT2D eigenvalue weighted by Crippen LogP contribution is -2.41. The predicted molar refractivity (Wildman–Crippen MR) is 53.2 cm³/mol. The summed E-state index contributed by atoms with van der Waals surface area (Å²) in [5.74, 6) is 0. The minimum atomic E-state index is 0.844. The van der Waals surface area contributed by atoms with E-state index in [4.69, 9.17) is 4.74 Å². The van der Waals surface area contributed by atoms with Crippen LogP contribution >= 0.6 is 0 Å². The summed E-state index contributed by atoms with van der Waals surface area (Å²) >= 11 is 0. The van der Waals surface area contributed by atoms with Crippen LogP contribution in [0.25, 0.3) is 0 Å². The van der Waals surface area contributed by atoms with Crippen molar-refractivity contribution in [2.75, 3.05) is 46.9 Å². The van der Waals surface area contributed by atoms with Gasteiger partial charge < -0.3 is 9.75 Å². The van der Waals surface area contributed by atoms with Crippen LogP contribution < -0.4 is 5.43 Å². The van der Waals surface area contributed by atoms with Gasteiger partial charge in [-0.05, 0) is 0 Å². The van der Waals surface area contributed by atoms with Gasteiger partial charge in [-0.15, -0.1) is 0 Å². The predicted octanol–water partition coefficient (Wildman–Crippen LogP) is -0.101. The second-order valence-electron chi connectivity index (χ2n) is 3.24. The Kier molecular flexibility index (Phi) is 4.21. The Balaban J connectivity index is 2.26. The first-order chi connectivity index (χ1) is 6.24. The van der Waals surface area contributed by atoms with Crippen molar-refractivity contribution in [1.82, 2.24) is 15.3 Å². The molecule has 1 aliphatic heterocycles. The van der Waals surface area contributed by atoms with Crippen LogP contribution in [-0.4, -0.2) is 56.9 Å². The molecule has 0 spiro atoms. The van der Waals surface area contributed by atoms with Crippen molar-refractivity contribution < 1.29 is 4.74 Å². The van der Waals surface area contributed by atoms with E-state index in [1.165, 1.54) is 0 Å². The van der Waals surface area contributed by atoms with Gasteiger partial charge in [-0.3, -0.25) is 4.90 Å². The number of hydrazine groups is 1. The van der Waals surface area contributed by atoms with Gasteiger partial charge in [0.2, 0.25) is 0 Å². The van der Waals surface area contributed by atoms with E-state index in [-0.39, 0.29) is 0 Å². The fraction of sp³-hybridized carbons (Fsp3) is 0.778. The third-order valence-electron chi connectivity index (χ3n) is 2.32. The fourth-order valence-corrected chi connectivity index (χ4v) is 1.28. The zero-order chi connectivity index (χ0) is 9.68. The van der Waals surface area contributed by atoms with Gasteiger partial charge in [-0.25, -0.2) is 5.43 Å². The summed E-state index contributed by atoms with van der Waals surface area (Å²) in [6.45, 7) is 8.63. The molecule has 1 saturated heterocycles. The molecule has 0 saturated carbocycles. The van der Waals surface area contributed by atoms with Gasteiger partial charge in [0.25, 0.3) is 0 Å². The van der Waals surface area contributed by atoms with Gasteiger partial charge in [0.15, 0.2) is 0 Å². The molecule has 0 bridgehead atoms. The van der Waals surface area contributed by atoms with Crippen LogP contribution in [-0.2, 0) is 4.74 Å². The van der Waals surface area contributed by atoms with Crippen molar-refractivity contribution in [2.45, 2.75) is 0 Å². The molecule has 0 unspecified atom stereocenters. The largest absolute Gasteiger partial charge is 0.379 e. The molecule has 1 heterocycles. The Hall–Kier alpha value is -0.580. The average Bonchev–Trinajstić information content (AvgIpc) is 2.18. The summed E-state index contributed by atoms with van der Waals surface area (Å²) < 4.78 is 5.27. The number of nitrogens with one attached hydrogen (secondary N) is 1. The topological polar surface area (TPSA) is 27.7 Å². The Morgan fingerprint density at radius 3 is 2.69 bits per heavy atom. The Bertz CT molecular complexity index is 166. The first kappa shape index (κ1) is 10.5. The molecule has 0 amide bonds. The Morgan fingerprint density at radius 2 is 2.15 bits per heavy atom. The van der Waals surface area contributed by atoms with Gasteiger partial charge in [0.05, 0.1) is 13.2 Å². The summed E-state index contributed by atoms with van der Waals surface area (Å²) in [6.07, 6.45) is 0. The van der Waals surface area contributed by atoms with Crippen molar-refractivity contribution in [2.24, 2.45) is 0 Å². The quantitative estimate of drug-likeness (QED) is 0.619. The van der Waals surface area contributed by atoms with Crippen molar-refractivity contribution >= 4 is 0 Å². The van der Waals surface area contributed by atoms with Gasteiger partial charge in [-0.2, -0.15) is 0 Å².